The molecule has 2 amide bonds. The van der Waals surface area contributed by atoms with Gasteiger partial charge in [0.15, 0.2) is 17.4 Å². The van der Waals surface area contributed by atoms with Gasteiger partial charge >= 0.3 is 0 Å². The number of rotatable bonds is 7. The number of nitrogens with zero attached hydrogens (tertiary/aromatic N) is 1. The number of hydrogen-bond acceptors (Lipinski definition) is 5. The maximum Gasteiger partial charge on any atom is 0.277 e. The molecule has 3 rings (SSSR count). The summed E-state index contributed by atoms with van der Waals surface area (Å²) < 4.78 is 33.2. The van der Waals surface area contributed by atoms with Gasteiger partial charge in [0.1, 0.15) is 5.70 Å². The highest BCUT2D eigenvalue weighted by molar-refractivity contribution is 6.17. The molecule has 1 aromatic rings. The highest BCUT2D eigenvalue weighted by Crippen LogP contribution is 2.32. The molecule has 2 N–H and O–H groups in total. The van der Waals surface area contributed by atoms with Crippen molar-refractivity contribution < 1.29 is 28.2 Å². The predicted octanol–water partition coefficient (Wildman–Crippen LogP) is 1.41. The van der Waals surface area contributed by atoms with Gasteiger partial charge in [-0.25, -0.2) is 8.78 Å². The largest absolute Gasteiger partial charge is 0.487 e. The molecule has 128 valence electrons. The minimum absolute atomic E-state index is 0.0120. The van der Waals surface area contributed by atoms with Crippen molar-refractivity contribution in [1.29, 1.82) is 0 Å². The van der Waals surface area contributed by atoms with Crippen LogP contribution in [-0.2, 0) is 9.59 Å². The number of nitrogens with one attached hydrogen (secondary N) is 1. The van der Waals surface area contributed by atoms with Crippen molar-refractivity contribution >= 4 is 17.5 Å². The van der Waals surface area contributed by atoms with Crippen molar-refractivity contribution in [2.75, 3.05) is 25.1 Å². The van der Waals surface area contributed by atoms with Crippen LogP contribution >= 0.6 is 0 Å². The van der Waals surface area contributed by atoms with Gasteiger partial charge in [-0.2, -0.15) is 0 Å². The fourth-order valence-corrected chi connectivity index (χ4v) is 2.32. The van der Waals surface area contributed by atoms with Crippen molar-refractivity contribution in [3.05, 3.63) is 35.5 Å². The molecule has 0 bridgehead atoms. The molecule has 0 radical (unpaired) electrons. The second kappa shape index (κ2) is 6.56. The summed E-state index contributed by atoms with van der Waals surface area (Å²) in [4.78, 5) is 24.4. The first-order valence-corrected chi connectivity index (χ1v) is 7.57. The zero-order chi connectivity index (χ0) is 17.3. The maximum absolute atomic E-state index is 14.0. The van der Waals surface area contributed by atoms with E-state index < -0.39 is 29.2 Å². The summed E-state index contributed by atoms with van der Waals surface area (Å²) in [6.45, 7) is -0.236. The van der Waals surface area contributed by atoms with Gasteiger partial charge < -0.3 is 15.2 Å². The Bertz CT molecular complexity index is 693. The number of aliphatic hydroxyl groups is 1. The minimum Gasteiger partial charge on any atom is -0.487 e. The Balaban J connectivity index is 1.72. The average Bonchev–Trinajstić information content (AvgIpc) is 3.30. The molecule has 1 fully saturated rings. The van der Waals surface area contributed by atoms with Crippen molar-refractivity contribution in [1.82, 2.24) is 4.90 Å². The molecule has 0 saturated heterocycles. The number of β-amino-alcohol motifs (C(OH)–C–C–N with tert-alkyl or cyclic N) is 1. The number of ether oxygens (including phenoxy) is 1. The standard InChI is InChI=1S/C16H16F2N2O4/c17-11-5-10(6-12(18)15(11)24-8-9-1-2-9)19-13-7-14(22)20(3-4-21)16(13)23/h5-7,9,19,21H,1-4,8H2. The summed E-state index contributed by atoms with van der Waals surface area (Å²) in [6, 6.07) is 2.00. The first-order chi connectivity index (χ1) is 11.5. The van der Waals surface area contributed by atoms with E-state index in [2.05, 4.69) is 5.32 Å². The Hall–Kier alpha value is -2.48. The molecule has 2 aliphatic rings. The van der Waals surface area contributed by atoms with Crippen molar-refractivity contribution in [3.8, 4) is 5.75 Å². The van der Waals surface area contributed by atoms with E-state index in [1.54, 1.807) is 0 Å². The van der Waals surface area contributed by atoms with Gasteiger partial charge in [0.25, 0.3) is 11.8 Å². The van der Waals surface area contributed by atoms with Gasteiger partial charge in [-0.15, -0.1) is 0 Å². The normalized spacial score (nSPS) is 17.3. The quantitative estimate of drug-likeness (QED) is 0.735. The molecule has 0 unspecified atom stereocenters. The Kier molecular flexibility index (Phi) is 4.48. The molecule has 8 heteroatoms. The number of imide groups is 1. The number of halogens is 2. The molecule has 1 heterocycles. The molecule has 1 aliphatic heterocycles. The van der Waals surface area contributed by atoms with Gasteiger partial charge in [0, 0.05) is 23.9 Å². The van der Waals surface area contributed by atoms with Gasteiger partial charge in [0.2, 0.25) is 0 Å². The molecule has 1 aliphatic carbocycles. The highest BCUT2D eigenvalue weighted by atomic mass is 19.1. The van der Waals surface area contributed by atoms with Gasteiger partial charge in [-0.1, -0.05) is 0 Å². The summed E-state index contributed by atoms with van der Waals surface area (Å²) in [6.07, 6.45) is 3.01. The van der Waals surface area contributed by atoms with Crippen LogP contribution in [0.25, 0.3) is 0 Å². The number of hydrogen-bond donors (Lipinski definition) is 2. The van der Waals surface area contributed by atoms with Crippen LogP contribution in [0.4, 0.5) is 14.5 Å². The van der Waals surface area contributed by atoms with E-state index in [1.807, 2.05) is 0 Å². The Labute approximate surface area is 136 Å². The summed E-state index contributed by atoms with van der Waals surface area (Å²) in [5, 5.41) is 11.4. The SMILES string of the molecule is O=C1C=C(Nc2cc(F)c(OCC3CC3)c(F)c2)C(=O)N1CCO. The molecule has 6 nitrogen and oxygen atoms in total. The topological polar surface area (TPSA) is 78.9 Å². The lowest BCUT2D eigenvalue weighted by atomic mass is 10.2. The molecule has 1 aromatic carbocycles. The lowest BCUT2D eigenvalue weighted by molar-refractivity contribution is -0.137. The third kappa shape index (κ3) is 3.38. The van der Waals surface area contributed by atoms with Crippen LogP contribution in [0.5, 0.6) is 5.75 Å². The van der Waals surface area contributed by atoms with Crippen LogP contribution in [0, 0.1) is 17.6 Å². The smallest absolute Gasteiger partial charge is 0.277 e. The van der Waals surface area contributed by atoms with Gasteiger partial charge in [-0.05, 0) is 18.8 Å². The summed E-state index contributed by atoms with van der Waals surface area (Å²) >= 11 is 0. The highest BCUT2D eigenvalue weighted by Gasteiger charge is 2.31. The lowest BCUT2D eigenvalue weighted by Gasteiger charge is -2.14. The minimum atomic E-state index is -0.886. The fourth-order valence-electron chi connectivity index (χ4n) is 2.32. The molecular weight excluding hydrogens is 322 g/mol. The zero-order valence-electron chi connectivity index (χ0n) is 12.7. The van der Waals surface area contributed by atoms with Crippen molar-refractivity contribution in [2.45, 2.75) is 12.8 Å². The second-order valence-corrected chi connectivity index (χ2v) is 5.73. The van der Waals surface area contributed by atoms with E-state index in [0.717, 1.165) is 36.0 Å². The maximum atomic E-state index is 14.0. The van der Waals surface area contributed by atoms with Crippen LogP contribution in [0.2, 0.25) is 0 Å². The summed E-state index contributed by atoms with van der Waals surface area (Å²) in [5.41, 5.74) is -0.124. The monoisotopic (exact) mass is 338 g/mol. The van der Waals surface area contributed by atoms with Gasteiger partial charge in [-0.3, -0.25) is 14.5 Å². The van der Waals surface area contributed by atoms with Crippen LogP contribution in [0.3, 0.4) is 0 Å². The van der Waals surface area contributed by atoms with Crippen molar-refractivity contribution in [3.63, 3.8) is 0 Å². The van der Waals surface area contributed by atoms with Crippen LogP contribution in [0.1, 0.15) is 12.8 Å². The molecule has 0 spiro atoms. The lowest BCUT2D eigenvalue weighted by Crippen LogP contribution is -2.34. The first-order valence-electron chi connectivity index (χ1n) is 7.57. The van der Waals surface area contributed by atoms with E-state index >= 15 is 0 Å². The summed E-state index contributed by atoms with van der Waals surface area (Å²) in [5.74, 6) is -3.13. The number of carbonyl (C=O) groups excluding carboxylic acids is 2. The third-order valence-electron chi connectivity index (χ3n) is 3.77. The average molecular weight is 338 g/mol. The van der Waals surface area contributed by atoms with Crippen LogP contribution in [0.15, 0.2) is 23.9 Å². The number of amides is 2. The summed E-state index contributed by atoms with van der Waals surface area (Å²) in [7, 11) is 0. The van der Waals surface area contributed by atoms with E-state index in [0.29, 0.717) is 5.92 Å². The third-order valence-corrected chi connectivity index (χ3v) is 3.77. The van der Waals surface area contributed by atoms with E-state index in [1.165, 1.54) is 0 Å². The van der Waals surface area contributed by atoms with E-state index in [-0.39, 0.29) is 31.1 Å². The Morgan fingerprint density at radius 2 is 1.92 bits per heavy atom. The Morgan fingerprint density at radius 1 is 1.25 bits per heavy atom. The Morgan fingerprint density at radius 3 is 2.50 bits per heavy atom. The number of benzene rings is 1. The number of anilines is 1. The van der Waals surface area contributed by atoms with E-state index in [9.17, 15) is 18.4 Å². The van der Waals surface area contributed by atoms with Crippen LogP contribution in [-0.4, -0.2) is 41.6 Å². The second-order valence-electron chi connectivity index (χ2n) is 5.73. The predicted molar refractivity (Wildman–Crippen MR) is 80.1 cm³/mol. The van der Waals surface area contributed by atoms with Gasteiger partial charge in [0.05, 0.1) is 19.8 Å². The molecular formula is C16H16F2N2O4. The number of aliphatic hydroxyl groups excluding tert-OH is 1. The number of carbonyl (C=O) groups is 2. The zero-order valence-corrected chi connectivity index (χ0v) is 12.7. The van der Waals surface area contributed by atoms with E-state index in [4.69, 9.17) is 9.84 Å². The fraction of sp³-hybridized carbons (Fsp3) is 0.375. The van der Waals surface area contributed by atoms with Crippen LogP contribution < -0.4 is 10.1 Å². The molecule has 24 heavy (non-hydrogen) atoms. The molecule has 0 atom stereocenters. The molecule has 1 saturated carbocycles. The first kappa shape index (κ1) is 16.4. The molecule has 0 aromatic heterocycles. The van der Waals surface area contributed by atoms with Crippen molar-refractivity contribution in [2.24, 2.45) is 5.92 Å².